The quantitative estimate of drug-likeness (QED) is 0.439. The van der Waals surface area contributed by atoms with Crippen molar-refractivity contribution in [3.8, 4) is 11.5 Å². The molecule has 2 amide bonds. The molecule has 4 aromatic rings. The van der Waals surface area contributed by atoms with Gasteiger partial charge in [0.1, 0.15) is 11.9 Å². The van der Waals surface area contributed by atoms with E-state index in [1.54, 1.807) is 36.4 Å². The van der Waals surface area contributed by atoms with Crippen LogP contribution in [0.25, 0.3) is 11.5 Å². The molecule has 0 aliphatic rings. The average molecular weight is 437 g/mol. The van der Waals surface area contributed by atoms with Crippen molar-refractivity contribution in [3.63, 3.8) is 0 Å². The van der Waals surface area contributed by atoms with Gasteiger partial charge in [0.05, 0.1) is 0 Å². The van der Waals surface area contributed by atoms with Crippen molar-refractivity contribution in [1.29, 1.82) is 0 Å². The monoisotopic (exact) mass is 436 g/mol. The molecule has 6 nitrogen and oxygen atoms in total. The largest absolute Gasteiger partial charge is 0.418 e. The predicted octanol–water partition coefficient (Wildman–Crippen LogP) is 5.12. The Morgan fingerprint density at radius 3 is 2.39 bits per heavy atom. The number of carbonyl (C=O) groups is 1. The van der Waals surface area contributed by atoms with Gasteiger partial charge < -0.3 is 15.1 Å². The number of rotatable bonds is 6. The Labute approximate surface area is 183 Å². The number of nitrogens with zero attached hydrogens (tertiary/aromatic N) is 2. The maximum Gasteiger partial charge on any atom is 0.315 e. The van der Waals surface area contributed by atoms with Gasteiger partial charge in [-0.25, -0.2) is 9.18 Å². The molecule has 3 aromatic carbocycles. The van der Waals surface area contributed by atoms with Crippen molar-refractivity contribution in [3.05, 3.63) is 107 Å². The molecule has 0 spiro atoms. The fourth-order valence-corrected chi connectivity index (χ4v) is 3.08. The van der Waals surface area contributed by atoms with Gasteiger partial charge in [-0.15, -0.1) is 10.2 Å². The van der Waals surface area contributed by atoms with E-state index in [1.807, 2.05) is 30.3 Å². The summed E-state index contributed by atoms with van der Waals surface area (Å²) in [6.45, 7) is 0.235. The summed E-state index contributed by atoms with van der Waals surface area (Å²) < 4.78 is 18.9. The van der Waals surface area contributed by atoms with E-state index in [-0.39, 0.29) is 18.3 Å². The van der Waals surface area contributed by atoms with Crippen LogP contribution in [0.15, 0.2) is 83.3 Å². The third-order valence-corrected chi connectivity index (χ3v) is 4.81. The molecule has 0 saturated heterocycles. The predicted molar refractivity (Wildman–Crippen MR) is 115 cm³/mol. The summed E-state index contributed by atoms with van der Waals surface area (Å²) in [5.41, 5.74) is 2.27. The summed E-state index contributed by atoms with van der Waals surface area (Å²) in [6, 6.07) is 21.1. The van der Waals surface area contributed by atoms with Gasteiger partial charge in [-0.2, -0.15) is 0 Å². The van der Waals surface area contributed by atoms with Gasteiger partial charge in [0.2, 0.25) is 11.8 Å². The number of hydrogen-bond donors (Lipinski definition) is 2. The van der Waals surface area contributed by atoms with Crippen LogP contribution in [0.4, 0.5) is 9.18 Å². The highest BCUT2D eigenvalue weighted by Gasteiger charge is 2.23. The van der Waals surface area contributed by atoms with Crippen LogP contribution in [0.1, 0.15) is 23.1 Å². The van der Waals surface area contributed by atoms with Crippen molar-refractivity contribution in [1.82, 2.24) is 20.8 Å². The molecular formula is C23H18ClFN4O2. The molecule has 1 heterocycles. The van der Waals surface area contributed by atoms with Gasteiger partial charge in [-0.05, 0) is 47.5 Å². The van der Waals surface area contributed by atoms with Crippen LogP contribution < -0.4 is 10.6 Å². The lowest BCUT2D eigenvalue weighted by molar-refractivity contribution is 0.236. The minimum Gasteiger partial charge on any atom is -0.418 e. The van der Waals surface area contributed by atoms with Gasteiger partial charge in [-0.1, -0.05) is 54.1 Å². The topological polar surface area (TPSA) is 80.0 Å². The zero-order valence-corrected chi connectivity index (χ0v) is 17.0. The average Bonchev–Trinajstić information content (AvgIpc) is 3.28. The first kappa shape index (κ1) is 20.6. The molecule has 0 unspecified atom stereocenters. The highest BCUT2D eigenvalue weighted by molar-refractivity contribution is 6.30. The fourth-order valence-electron chi connectivity index (χ4n) is 2.96. The number of benzene rings is 3. The second-order valence-corrected chi connectivity index (χ2v) is 7.19. The van der Waals surface area contributed by atoms with Crippen molar-refractivity contribution < 1.29 is 13.6 Å². The van der Waals surface area contributed by atoms with E-state index in [4.69, 9.17) is 16.0 Å². The van der Waals surface area contributed by atoms with Crippen molar-refractivity contribution in [2.45, 2.75) is 12.6 Å². The third-order valence-electron chi connectivity index (χ3n) is 4.55. The molecular weight excluding hydrogens is 419 g/mol. The summed E-state index contributed by atoms with van der Waals surface area (Å²) >= 11 is 6.00. The number of halogens is 2. The summed E-state index contributed by atoms with van der Waals surface area (Å²) in [4.78, 5) is 12.6. The summed E-state index contributed by atoms with van der Waals surface area (Å²) in [5, 5.41) is 14.4. The molecule has 1 atom stereocenters. The first-order valence-corrected chi connectivity index (χ1v) is 9.89. The van der Waals surface area contributed by atoms with Crippen LogP contribution in [0, 0.1) is 5.82 Å². The molecule has 0 aliphatic heterocycles. The molecule has 8 heteroatoms. The molecule has 4 rings (SSSR count). The maximum atomic E-state index is 13.1. The van der Waals surface area contributed by atoms with Crippen LogP contribution in [-0.4, -0.2) is 16.2 Å². The molecule has 31 heavy (non-hydrogen) atoms. The Hall–Kier alpha value is -3.71. The van der Waals surface area contributed by atoms with Gasteiger partial charge in [0.25, 0.3) is 0 Å². The number of carbonyl (C=O) groups excluding carboxylic acids is 1. The number of nitrogens with one attached hydrogen (secondary N) is 2. The fraction of sp³-hybridized carbons (Fsp3) is 0.0870. The van der Waals surface area contributed by atoms with Crippen LogP contribution in [-0.2, 0) is 6.54 Å². The molecule has 0 bridgehead atoms. The molecule has 0 aliphatic carbocycles. The number of urea groups is 1. The molecule has 0 radical (unpaired) electrons. The van der Waals surface area contributed by atoms with Crippen molar-refractivity contribution in [2.24, 2.45) is 0 Å². The smallest absolute Gasteiger partial charge is 0.315 e. The van der Waals surface area contributed by atoms with Gasteiger partial charge in [-0.3, -0.25) is 0 Å². The standard InChI is InChI=1S/C23H18ClFN4O2/c24-18-10-8-16(9-11-18)20(22-29-28-21(31-22)17-4-2-1-3-5-17)27-23(30)26-14-15-6-12-19(25)13-7-15/h1-13,20H,14H2,(H2,26,27,30)/t20-/m0/s1. The highest BCUT2D eigenvalue weighted by atomic mass is 35.5. The normalized spacial score (nSPS) is 11.7. The van der Waals surface area contributed by atoms with Crippen LogP contribution in [0.5, 0.6) is 0 Å². The summed E-state index contributed by atoms with van der Waals surface area (Å²) in [5.74, 6) is 0.253. The molecule has 156 valence electrons. The lowest BCUT2D eigenvalue weighted by Gasteiger charge is -2.16. The van der Waals surface area contributed by atoms with E-state index in [0.717, 1.165) is 16.7 Å². The SMILES string of the molecule is O=C(NCc1ccc(F)cc1)N[C@@H](c1ccc(Cl)cc1)c1nnc(-c2ccccc2)o1. The number of hydrogen-bond acceptors (Lipinski definition) is 4. The molecule has 1 aromatic heterocycles. The molecule has 2 N–H and O–H groups in total. The van der Waals surface area contributed by atoms with Gasteiger partial charge in [0.15, 0.2) is 0 Å². The van der Waals surface area contributed by atoms with Crippen LogP contribution in [0.3, 0.4) is 0 Å². The Balaban J connectivity index is 1.53. The number of aromatic nitrogens is 2. The van der Waals surface area contributed by atoms with Gasteiger partial charge >= 0.3 is 6.03 Å². The van der Waals surface area contributed by atoms with E-state index >= 15 is 0 Å². The zero-order valence-electron chi connectivity index (χ0n) is 16.3. The van der Waals surface area contributed by atoms with E-state index in [2.05, 4.69) is 20.8 Å². The Kier molecular flexibility index (Phi) is 6.24. The Morgan fingerprint density at radius 1 is 0.968 bits per heavy atom. The minimum absolute atomic E-state index is 0.234. The minimum atomic E-state index is -0.685. The molecule has 0 fully saturated rings. The van der Waals surface area contributed by atoms with E-state index in [1.165, 1.54) is 12.1 Å². The van der Waals surface area contributed by atoms with E-state index < -0.39 is 12.1 Å². The Bertz CT molecular complexity index is 1150. The van der Waals surface area contributed by atoms with Crippen LogP contribution in [0.2, 0.25) is 5.02 Å². The van der Waals surface area contributed by atoms with Crippen LogP contribution >= 0.6 is 11.6 Å². The lowest BCUT2D eigenvalue weighted by atomic mass is 10.1. The second kappa shape index (κ2) is 9.40. The molecule has 0 saturated carbocycles. The number of amides is 2. The zero-order chi connectivity index (χ0) is 21.6. The third kappa shape index (κ3) is 5.26. The Morgan fingerprint density at radius 2 is 1.68 bits per heavy atom. The maximum absolute atomic E-state index is 13.1. The summed E-state index contributed by atoms with van der Waals surface area (Å²) in [7, 11) is 0. The second-order valence-electron chi connectivity index (χ2n) is 6.75. The highest BCUT2D eigenvalue weighted by Crippen LogP contribution is 2.26. The summed E-state index contributed by atoms with van der Waals surface area (Å²) in [6.07, 6.45) is 0. The van der Waals surface area contributed by atoms with Crippen molar-refractivity contribution in [2.75, 3.05) is 0 Å². The first-order valence-electron chi connectivity index (χ1n) is 9.51. The van der Waals surface area contributed by atoms with E-state index in [9.17, 15) is 9.18 Å². The van der Waals surface area contributed by atoms with Crippen molar-refractivity contribution >= 4 is 17.6 Å². The lowest BCUT2D eigenvalue weighted by Crippen LogP contribution is -2.38. The van der Waals surface area contributed by atoms with E-state index in [0.29, 0.717) is 10.9 Å². The van der Waals surface area contributed by atoms with Gasteiger partial charge in [0, 0.05) is 17.1 Å². The first-order chi connectivity index (χ1) is 15.1.